The standard InChI is InChI=1S/C19H14N4O4S/c1-26-13-9-10-20-15(16(13)24)17(25)23-19-21-12-7-8-14(22-18(12)28-19)27-11-5-3-2-4-6-11/h2-10,24H,1H3,(H,21,23,25). The lowest BCUT2D eigenvalue weighted by Gasteiger charge is -2.06. The summed E-state index contributed by atoms with van der Waals surface area (Å²) in [5.74, 6) is 0.324. The van der Waals surface area contributed by atoms with Crippen LogP contribution in [0.1, 0.15) is 10.5 Å². The molecule has 2 N–H and O–H groups in total. The fourth-order valence-corrected chi connectivity index (χ4v) is 3.27. The van der Waals surface area contributed by atoms with Crippen LogP contribution in [-0.4, -0.2) is 33.1 Å². The summed E-state index contributed by atoms with van der Waals surface area (Å²) in [5.41, 5.74) is 0.461. The molecule has 4 aromatic rings. The Balaban J connectivity index is 1.56. The van der Waals surface area contributed by atoms with Crippen LogP contribution >= 0.6 is 11.3 Å². The number of fused-ring (bicyclic) bond motifs is 1. The van der Waals surface area contributed by atoms with Crippen LogP contribution in [0.3, 0.4) is 0 Å². The number of aromatic hydroxyl groups is 1. The fraction of sp³-hybridized carbons (Fsp3) is 0.0526. The molecular formula is C19H14N4O4S. The Hall–Kier alpha value is -3.72. The zero-order chi connectivity index (χ0) is 19.5. The number of rotatable bonds is 5. The van der Waals surface area contributed by atoms with Gasteiger partial charge < -0.3 is 14.6 Å². The highest BCUT2D eigenvalue weighted by molar-refractivity contribution is 7.22. The van der Waals surface area contributed by atoms with Crippen LogP contribution in [0.25, 0.3) is 10.3 Å². The summed E-state index contributed by atoms with van der Waals surface area (Å²) >= 11 is 1.19. The molecule has 1 aromatic carbocycles. The van der Waals surface area contributed by atoms with Gasteiger partial charge in [-0.1, -0.05) is 29.5 Å². The molecule has 28 heavy (non-hydrogen) atoms. The summed E-state index contributed by atoms with van der Waals surface area (Å²) < 4.78 is 10.7. The first kappa shape index (κ1) is 17.7. The first-order valence-electron chi connectivity index (χ1n) is 8.18. The number of aromatic nitrogens is 3. The molecule has 1 amide bonds. The van der Waals surface area contributed by atoms with Crippen LogP contribution in [0.2, 0.25) is 0 Å². The summed E-state index contributed by atoms with van der Waals surface area (Å²) in [7, 11) is 1.39. The van der Waals surface area contributed by atoms with Gasteiger partial charge in [-0.2, -0.15) is 0 Å². The van der Waals surface area contributed by atoms with Gasteiger partial charge in [0.2, 0.25) is 5.88 Å². The molecular weight excluding hydrogens is 380 g/mol. The van der Waals surface area contributed by atoms with Crippen molar-refractivity contribution in [2.24, 2.45) is 0 Å². The molecule has 0 spiro atoms. The Morgan fingerprint density at radius 3 is 2.71 bits per heavy atom. The molecule has 8 nitrogen and oxygen atoms in total. The van der Waals surface area contributed by atoms with E-state index in [2.05, 4.69) is 20.3 Å². The van der Waals surface area contributed by atoms with E-state index >= 15 is 0 Å². The smallest absolute Gasteiger partial charge is 0.280 e. The number of hydrogen-bond donors (Lipinski definition) is 2. The largest absolute Gasteiger partial charge is 0.503 e. The molecule has 3 heterocycles. The second-order valence-corrected chi connectivity index (χ2v) is 6.55. The van der Waals surface area contributed by atoms with Crippen molar-refractivity contribution in [2.45, 2.75) is 0 Å². The van der Waals surface area contributed by atoms with E-state index in [1.165, 1.54) is 30.7 Å². The van der Waals surface area contributed by atoms with Crippen molar-refractivity contribution in [2.75, 3.05) is 12.4 Å². The highest BCUT2D eigenvalue weighted by Crippen LogP contribution is 2.30. The van der Waals surface area contributed by atoms with Crippen molar-refractivity contribution in [3.8, 4) is 23.1 Å². The molecule has 0 atom stereocenters. The monoisotopic (exact) mass is 394 g/mol. The van der Waals surface area contributed by atoms with Gasteiger partial charge in [-0.25, -0.2) is 15.0 Å². The molecule has 0 aliphatic heterocycles. The zero-order valence-corrected chi connectivity index (χ0v) is 15.4. The van der Waals surface area contributed by atoms with Gasteiger partial charge in [0.25, 0.3) is 5.91 Å². The number of carbonyl (C=O) groups excluding carboxylic acids is 1. The molecule has 140 valence electrons. The number of benzene rings is 1. The lowest BCUT2D eigenvalue weighted by Crippen LogP contribution is -2.13. The van der Waals surface area contributed by atoms with E-state index in [1.807, 2.05) is 30.3 Å². The number of nitrogens with zero attached hydrogens (tertiary/aromatic N) is 3. The summed E-state index contributed by atoms with van der Waals surface area (Å²) in [6, 6.07) is 14.2. The van der Waals surface area contributed by atoms with Crippen LogP contribution in [0.15, 0.2) is 54.7 Å². The number of carbonyl (C=O) groups is 1. The van der Waals surface area contributed by atoms with Crippen molar-refractivity contribution in [1.29, 1.82) is 0 Å². The molecule has 0 fully saturated rings. The zero-order valence-electron chi connectivity index (χ0n) is 14.6. The molecule has 4 rings (SSSR count). The van der Waals surface area contributed by atoms with E-state index in [0.717, 1.165) is 0 Å². The topological polar surface area (TPSA) is 106 Å². The van der Waals surface area contributed by atoms with Gasteiger partial charge in [-0.15, -0.1) is 0 Å². The number of ether oxygens (including phenoxy) is 2. The van der Waals surface area contributed by atoms with E-state index in [9.17, 15) is 9.90 Å². The third-order valence-corrected chi connectivity index (χ3v) is 4.62. The number of thiazole rings is 1. The number of nitrogens with one attached hydrogen (secondary N) is 1. The predicted octanol–water partition coefficient (Wildman–Crippen LogP) is 3.85. The van der Waals surface area contributed by atoms with Gasteiger partial charge in [0.05, 0.1) is 7.11 Å². The van der Waals surface area contributed by atoms with E-state index in [-0.39, 0.29) is 17.2 Å². The number of para-hydroxylation sites is 1. The first-order chi connectivity index (χ1) is 13.6. The molecule has 0 aliphatic carbocycles. The third kappa shape index (κ3) is 3.55. The second-order valence-electron chi connectivity index (χ2n) is 5.57. The quantitative estimate of drug-likeness (QED) is 0.529. The number of anilines is 1. The maximum Gasteiger partial charge on any atom is 0.280 e. The molecule has 0 unspecified atom stereocenters. The van der Waals surface area contributed by atoms with Crippen LogP contribution in [0, 0.1) is 0 Å². The van der Waals surface area contributed by atoms with Crippen LogP contribution in [0.5, 0.6) is 23.1 Å². The van der Waals surface area contributed by atoms with Gasteiger partial charge in [-0.3, -0.25) is 10.1 Å². The fourth-order valence-electron chi connectivity index (χ4n) is 2.44. The van der Waals surface area contributed by atoms with Crippen molar-refractivity contribution in [1.82, 2.24) is 15.0 Å². The lowest BCUT2D eigenvalue weighted by molar-refractivity contribution is 0.101. The van der Waals surface area contributed by atoms with Gasteiger partial charge in [0.15, 0.2) is 22.3 Å². The Bertz CT molecular complexity index is 1150. The van der Waals surface area contributed by atoms with E-state index < -0.39 is 5.91 Å². The maximum atomic E-state index is 12.4. The van der Waals surface area contributed by atoms with Gasteiger partial charge in [0, 0.05) is 18.3 Å². The van der Waals surface area contributed by atoms with Gasteiger partial charge in [0.1, 0.15) is 16.1 Å². The number of hydrogen-bond acceptors (Lipinski definition) is 8. The molecule has 0 bridgehead atoms. The third-order valence-electron chi connectivity index (χ3n) is 3.74. The first-order valence-corrected chi connectivity index (χ1v) is 8.99. The highest BCUT2D eigenvalue weighted by Gasteiger charge is 2.18. The minimum Gasteiger partial charge on any atom is -0.503 e. The lowest BCUT2D eigenvalue weighted by atomic mass is 10.3. The van der Waals surface area contributed by atoms with Crippen molar-refractivity contribution in [3.63, 3.8) is 0 Å². The SMILES string of the molecule is COc1ccnc(C(=O)Nc2nc3ccc(Oc4ccccc4)nc3s2)c1O. The van der Waals surface area contributed by atoms with Crippen molar-refractivity contribution >= 4 is 32.7 Å². The van der Waals surface area contributed by atoms with E-state index in [4.69, 9.17) is 9.47 Å². The minimum atomic E-state index is -0.601. The summed E-state index contributed by atoms with van der Waals surface area (Å²) in [6.07, 6.45) is 1.38. The average Bonchev–Trinajstić information content (AvgIpc) is 3.10. The van der Waals surface area contributed by atoms with E-state index in [1.54, 1.807) is 12.1 Å². The highest BCUT2D eigenvalue weighted by atomic mass is 32.1. The molecule has 3 aromatic heterocycles. The molecule has 0 aliphatic rings. The summed E-state index contributed by atoms with van der Waals surface area (Å²) in [5, 5.41) is 13.0. The second kappa shape index (κ2) is 7.49. The summed E-state index contributed by atoms with van der Waals surface area (Å²) in [6.45, 7) is 0. The van der Waals surface area contributed by atoms with E-state index in [0.29, 0.717) is 27.1 Å². The number of methoxy groups -OCH3 is 1. The Morgan fingerprint density at radius 2 is 1.93 bits per heavy atom. The molecule has 0 saturated carbocycles. The normalized spacial score (nSPS) is 10.6. The number of amides is 1. The molecule has 9 heteroatoms. The Morgan fingerprint density at radius 1 is 1.11 bits per heavy atom. The van der Waals surface area contributed by atoms with Crippen LogP contribution in [0.4, 0.5) is 5.13 Å². The maximum absolute atomic E-state index is 12.4. The van der Waals surface area contributed by atoms with Crippen LogP contribution in [-0.2, 0) is 0 Å². The minimum absolute atomic E-state index is 0.153. The Kier molecular flexibility index (Phi) is 4.73. The predicted molar refractivity (Wildman–Crippen MR) is 104 cm³/mol. The van der Waals surface area contributed by atoms with Crippen molar-refractivity contribution in [3.05, 3.63) is 60.4 Å². The van der Waals surface area contributed by atoms with Gasteiger partial charge >= 0.3 is 0 Å². The average molecular weight is 394 g/mol. The van der Waals surface area contributed by atoms with Crippen molar-refractivity contribution < 1.29 is 19.4 Å². The Labute approximate surface area is 163 Å². The molecule has 0 saturated heterocycles. The number of pyridine rings is 2. The molecule has 0 radical (unpaired) electrons. The summed E-state index contributed by atoms with van der Waals surface area (Å²) in [4.78, 5) is 25.7. The van der Waals surface area contributed by atoms with Gasteiger partial charge in [-0.05, 0) is 18.2 Å². The van der Waals surface area contributed by atoms with Crippen LogP contribution < -0.4 is 14.8 Å².